The van der Waals surface area contributed by atoms with Crippen molar-refractivity contribution < 1.29 is 4.79 Å². The maximum Gasteiger partial charge on any atom is 0.228 e. The van der Waals surface area contributed by atoms with Gasteiger partial charge in [0.05, 0.1) is 5.92 Å². The van der Waals surface area contributed by atoms with E-state index in [9.17, 15) is 4.79 Å². The smallest absolute Gasteiger partial charge is 0.228 e. The van der Waals surface area contributed by atoms with Gasteiger partial charge in [-0.2, -0.15) is 0 Å². The zero-order valence-electron chi connectivity index (χ0n) is 14.9. The summed E-state index contributed by atoms with van der Waals surface area (Å²) in [5.74, 6) is 0.150. The third-order valence-corrected chi connectivity index (χ3v) is 5.33. The molecule has 0 bridgehead atoms. The Hall–Kier alpha value is -1.84. The molecule has 3 nitrogen and oxygen atoms in total. The highest BCUT2D eigenvalue weighted by Crippen LogP contribution is 2.25. The zero-order valence-corrected chi connectivity index (χ0v) is 15.6. The van der Waals surface area contributed by atoms with Crippen molar-refractivity contribution in [1.29, 1.82) is 0 Å². The largest absolute Gasteiger partial charge is 0.325 e. The van der Waals surface area contributed by atoms with Crippen LogP contribution in [0.15, 0.2) is 42.5 Å². The maximum absolute atomic E-state index is 12.8. The molecule has 0 spiro atoms. The summed E-state index contributed by atoms with van der Waals surface area (Å²) in [5, 5.41) is 3.95. The van der Waals surface area contributed by atoms with Gasteiger partial charge in [-0.05, 0) is 56.0 Å². The van der Waals surface area contributed by atoms with E-state index in [0.29, 0.717) is 0 Å². The average Bonchev–Trinajstić information content (AvgIpc) is 2.60. The molecule has 132 valence electrons. The minimum absolute atomic E-state index is 0.0234. The van der Waals surface area contributed by atoms with Crippen molar-refractivity contribution in [3.63, 3.8) is 0 Å². The second-order valence-corrected chi connectivity index (χ2v) is 7.33. The summed E-state index contributed by atoms with van der Waals surface area (Å²) < 4.78 is 0. The van der Waals surface area contributed by atoms with Gasteiger partial charge in [-0.15, -0.1) is 0 Å². The van der Waals surface area contributed by atoms with Crippen LogP contribution in [0.3, 0.4) is 0 Å². The standard InChI is InChI=1S/C21H25ClN2O/c1-15-7-5-8-16(2)20(15)23-21(25)18-10-6-12-24(14-18)13-17-9-3-4-11-19(17)22/h3-5,7-9,11,18H,6,10,12-14H2,1-2H3,(H,23,25)/t18-/m1/s1. The number of benzene rings is 2. The van der Waals surface area contributed by atoms with E-state index in [-0.39, 0.29) is 11.8 Å². The molecule has 0 aromatic heterocycles. The number of nitrogens with one attached hydrogen (secondary N) is 1. The van der Waals surface area contributed by atoms with Gasteiger partial charge in [0.1, 0.15) is 0 Å². The number of para-hydroxylation sites is 1. The topological polar surface area (TPSA) is 32.3 Å². The molecule has 3 rings (SSSR count). The Balaban J connectivity index is 1.65. The first-order chi connectivity index (χ1) is 12.0. The molecule has 1 saturated heterocycles. The molecule has 1 atom stereocenters. The molecule has 1 amide bonds. The lowest BCUT2D eigenvalue weighted by molar-refractivity contribution is -0.121. The van der Waals surface area contributed by atoms with Crippen molar-refractivity contribution in [3.8, 4) is 0 Å². The molecule has 0 saturated carbocycles. The number of carbonyl (C=O) groups is 1. The van der Waals surface area contributed by atoms with Crippen molar-refractivity contribution in [2.45, 2.75) is 33.2 Å². The number of rotatable bonds is 4. The Morgan fingerprint density at radius 3 is 2.60 bits per heavy atom. The summed E-state index contributed by atoms with van der Waals surface area (Å²) in [5.41, 5.74) is 4.30. The van der Waals surface area contributed by atoms with Crippen molar-refractivity contribution in [1.82, 2.24) is 4.90 Å². The number of hydrogen-bond donors (Lipinski definition) is 1. The van der Waals surface area contributed by atoms with Gasteiger partial charge in [-0.25, -0.2) is 0 Å². The number of anilines is 1. The predicted octanol–water partition coefficient (Wildman–Crippen LogP) is 4.81. The second-order valence-electron chi connectivity index (χ2n) is 6.92. The molecule has 1 aliphatic rings. The molecule has 0 unspecified atom stereocenters. The molecule has 0 aliphatic carbocycles. The lowest BCUT2D eigenvalue weighted by Crippen LogP contribution is -2.40. The molecule has 1 heterocycles. The van der Waals surface area contributed by atoms with Gasteiger partial charge < -0.3 is 5.32 Å². The molecule has 2 aromatic carbocycles. The van der Waals surface area contributed by atoms with Crippen molar-refractivity contribution in [2.75, 3.05) is 18.4 Å². The highest BCUT2D eigenvalue weighted by atomic mass is 35.5. The Kier molecular flexibility index (Phi) is 5.77. The fourth-order valence-electron chi connectivity index (χ4n) is 3.52. The monoisotopic (exact) mass is 356 g/mol. The number of carbonyl (C=O) groups excluding carboxylic acids is 1. The first-order valence-electron chi connectivity index (χ1n) is 8.87. The van der Waals surface area contributed by atoms with E-state index in [1.807, 2.05) is 50.2 Å². The van der Waals surface area contributed by atoms with E-state index in [0.717, 1.165) is 59.9 Å². The number of amides is 1. The summed E-state index contributed by atoms with van der Waals surface area (Å²) in [4.78, 5) is 15.1. The maximum atomic E-state index is 12.8. The fourth-order valence-corrected chi connectivity index (χ4v) is 3.71. The number of piperidine rings is 1. The van der Waals surface area contributed by atoms with Gasteiger partial charge in [0, 0.05) is 23.8 Å². The molecule has 1 aliphatic heterocycles. The molecular weight excluding hydrogens is 332 g/mol. The normalized spacial score (nSPS) is 18.1. The first-order valence-corrected chi connectivity index (χ1v) is 9.25. The van der Waals surface area contributed by atoms with Crippen LogP contribution >= 0.6 is 11.6 Å². The molecule has 0 radical (unpaired) electrons. The van der Waals surface area contributed by atoms with Crippen LogP contribution < -0.4 is 5.32 Å². The zero-order chi connectivity index (χ0) is 17.8. The summed E-state index contributed by atoms with van der Waals surface area (Å²) in [6, 6.07) is 14.0. The number of halogens is 1. The fraction of sp³-hybridized carbons (Fsp3) is 0.381. The number of hydrogen-bond acceptors (Lipinski definition) is 2. The number of aryl methyl sites for hydroxylation is 2. The van der Waals surface area contributed by atoms with E-state index < -0.39 is 0 Å². The van der Waals surface area contributed by atoms with Gasteiger partial charge in [0.25, 0.3) is 0 Å². The summed E-state index contributed by atoms with van der Waals surface area (Å²) >= 11 is 6.28. The third-order valence-electron chi connectivity index (χ3n) is 4.96. The Morgan fingerprint density at radius 2 is 1.88 bits per heavy atom. The van der Waals surface area contributed by atoms with Crippen LogP contribution in [0, 0.1) is 19.8 Å². The Morgan fingerprint density at radius 1 is 1.16 bits per heavy atom. The van der Waals surface area contributed by atoms with Gasteiger partial charge >= 0.3 is 0 Å². The molecular formula is C21H25ClN2O. The molecule has 2 aromatic rings. The third kappa shape index (κ3) is 4.42. The van der Waals surface area contributed by atoms with Gasteiger partial charge in [0.15, 0.2) is 0 Å². The highest BCUT2D eigenvalue weighted by molar-refractivity contribution is 6.31. The molecule has 4 heteroatoms. The van der Waals surface area contributed by atoms with Crippen LogP contribution in [0.5, 0.6) is 0 Å². The lowest BCUT2D eigenvalue weighted by Gasteiger charge is -2.32. The van der Waals surface area contributed by atoms with Crippen LogP contribution in [-0.4, -0.2) is 23.9 Å². The summed E-state index contributed by atoms with van der Waals surface area (Å²) in [7, 11) is 0. The van der Waals surface area contributed by atoms with E-state index in [1.54, 1.807) is 0 Å². The average molecular weight is 357 g/mol. The Bertz CT molecular complexity index is 739. The second kappa shape index (κ2) is 8.03. The molecule has 1 N–H and O–H groups in total. The van der Waals surface area contributed by atoms with Crippen molar-refractivity contribution in [2.24, 2.45) is 5.92 Å². The first kappa shape index (κ1) is 18.0. The summed E-state index contributed by atoms with van der Waals surface area (Å²) in [6.07, 6.45) is 1.98. The predicted molar refractivity (Wildman–Crippen MR) is 104 cm³/mol. The van der Waals surface area contributed by atoms with Crippen LogP contribution in [-0.2, 0) is 11.3 Å². The minimum atomic E-state index is 0.0234. The quantitative estimate of drug-likeness (QED) is 0.852. The Labute approximate surface area is 155 Å². The highest BCUT2D eigenvalue weighted by Gasteiger charge is 2.26. The van der Waals surface area contributed by atoms with Gasteiger partial charge in [-0.1, -0.05) is 48.0 Å². The van der Waals surface area contributed by atoms with Gasteiger partial charge in [-0.3, -0.25) is 9.69 Å². The van der Waals surface area contributed by atoms with E-state index in [1.165, 1.54) is 0 Å². The number of nitrogens with zero attached hydrogens (tertiary/aromatic N) is 1. The number of likely N-dealkylation sites (tertiary alicyclic amines) is 1. The van der Waals surface area contributed by atoms with Crippen molar-refractivity contribution in [3.05, 3.63) is 64.2 Å². The molecule has 25 heavy (non-hydrogen) atoms. The SMILES string of the molecule is Cc1cccc(C)c1NC(=O)[C@@H]1CCCN(Cc2ccccc2Cl)C1. The van der Waals surface area contributed by atoms with Crippen LogP contribution in [0.25, 0.3) is 0 Å². The lowest BCUT2D eigenvalue weighted by atomic mass is 9.96. The minimum Gasteiger partial charge on any atom is -0.325 e. The van der Waals surface area contributed by atoms with E-state index in [4.69, 9.17) is 11.6 Å². The van der Waals surface area contributed by atoms with Crippen LogP contribution in [0.1, 0.15) is 29.5 Å². The molecule has 1 fully saturated rings. The van der Waals surface area contributed by atoms with Crippen LogP contribution in [0.2, 0.25) is 5.02 Å². The van der Waals surface area contributed by atoms with E-state index in [2.05, 4.69) is 16.3 Å². The van der Waals surface area contributed by atoms with Gasteiger partial charge in [0.2, 0.25) is 5.91 Å². The van der Waals surface area contributed by atoms with Crippen molar-refractivity contribution >= 4 is 23.2 Å². The summed E-state index contributed by atoms with van der Waals surface area (Å²) in [6.45, 7) is 6.66. The van der Waals surface area contributed by atoms with Crippen LogP contribution in [0.4, 0.5) is 5.69 Å². The van der Waals surface area contributed by atoms with E-state index >= 15 is 0 Å².